The van der Waals surface area contributed by atoms with Gasteiger partial charge in [-0.2, -0.15) is 0 Å². The van der Waals surface area contributed by atoms with E-state index in [0.29, 0.717) is 36.0 Å². The molecule has 12 atom stereocenters. The van der Waals surface area contributed by atoms with Crippen molar-refractivity contribution >= 4 is 5.97 Å². The molecule has 0 radical (unpaired) electrons. The van der Waals surface area contributed by atoms with Crippen LogP contribution in [-0.4, -0.2) is 91.1 Å². The minimum absolute atomic E-state index is 0.0249. The number of hydrogen-bond donors (Lipinski definition) is 2. The number of carbonyl (C=O) groups is 1. The highest BCUT2D eigenvalue weighted by atomic mass is 16.6. The van der Waals surface area contributed by atoms with E-state index in [0.717, 1.165) is 32.4 Å². The molecule has 8 nitrogen and oxygen atoms in total. The Bertz CT molecular complexity index is 1110. The summed E-state index contributed by atoms with van der Waals surface area (Å²) >= 11 is 0. The summed E-state index contributed by atoms with van der Waals surface area (Å²) in [6.45, 7) is 4.23. The quantitative estimate of drug-likeness (QED) is 0.545. The molecule has 1 aromatic carbocycles. The molecule has 0 amide bonds. The van der Waals surface area contributed by atoms with Gasteiger partial charge in [-0.3, -0.25) is 4.90 Å². The number of fused-ring (bicyclic) bond motifs is 2. The fourth-order valence-electron chi connectivity index (χ4n) is 11.0. The molecule has 1 spiro atoms. The number of ether oxygens (including phenoxy) is 4. The lowest BCUT2D eigenvalue weighted by atomic mass is 9.46. The highest BCUT2D eigenvalue weighted by Gasteiger charge is 2.84. The molecular weight excluding hydrogens is 486 g/mol. The van der Waals surface area contributed by atoms with Crippen molar-refractivity contribution in [2.45, 2.75) is 74.6 Å². The van der Waals surface area contributed by atoms with E-state index < -0.39 is 29.4 Å². The number of benzene rings is 1. The Morgan fingerprint density at radius 1 is 0.974 bits per heavy atom. The van der Waals surface area contributed by atoms with Crippen LogP contribution < -0.4 is 4.74 Å². The van der Waals surface area contributed by atoms with E-state index in [4.69, 9.17) is 18.9 Å². The van der Waals surface area contributed by atoms with Crippen LogP contribution in [0.3, 0.4) is 0 Å². The summed E-state index contributed by atoms with van der Waals surface area (Å²) in [4.78, 5) is 16.1. The molecule has 1 aliphatic heterocycles. The summed E-state index contributed by atoms with van der Waals surface area (Å²) < 4.78 is 23.7. The van der Waals surface area contributed by atoms with Gasteiger partial charge in [0.25, 0.3) is 0 Å². The summed E-state index contributed by atoms with van der Waals surface area (Å²) in [5, 5.41) is 25.1. The molecule has 8 heteroatoms. The van der Waals surface area contributed by atoms with Crippen LogP contribution in [0.15, 0.2) is 24.3 Å². The predicted octanol–water partition coefficient (Wildman–Crippen LogP) is 2.50. The predicted molar refractivity (Wildman–Crippen MR) is 138 cm³/mol. The molecule has 1 heterocycles. The van der Waals surface area contributed by atoms with Crippen molar-refractivity contribution in [1.82, 2.24) is 4.90 Å². The summed E-state index contributed by atoms with van der Waals surface area (Å²) in [5.74, 6) is 0.810. The molecule has 2 N–H and O–H groups in total. The molecule has 0 aromatic heterocycles. The van der Waals surface area contributed by atoms with Gasteiger partial charge in [-0.15, -0.1) is 0 Å². The molecule has 6 fully saturated rings. The second-order valence-corrected chi connectivity index (χ2v) is 12.8. The average Bonchev–Trinajstić information content (AvgIpc) is 3.31. The highest BCUT2D eigenvalue weighted by Crippen LogP contribution is 2.77. The van der Waals surface area contributed by atoms with Crippen molar-refractivity contribution in [3.8, 4) is 5.75 Å². The maximum atomic E-state index is 13.5. The Balaban J connectivity index is 1.35. The van der Waals surface area contributed by atoms with Crippen LogP contribution in [0.25, 0.3) is 0 Å². The number of likely N-dealkylation sites (tertiary alicyclic amines) is 1. The number of carbonyl (C=O) groups excluding carboxylic acids is 1. The first kappa shape index (κ1) is 25.3. The first-order valence-corrected chi connectivity index (χ1v) is 14.4. The molecule has 4 unspecified atom stereocenters. The van der Waals surface area contributed by atoms with Gasteiger partial charge in [0.1, 0.15) is 17.5 Å². The third kappa shape index (κ3) is 2.86. The van der Waals surface area contributed by atoms with Crippen molar-refractivity contribution in [2.75, 3.05) is 34.4 Å². The Kier molecular flexibility index (Phi) is 5.59. The summed E-state index contributed by atoms with van der Waals surface area (Å²) in [6, 6.07) is 7.01. The SMILES string of the molecule is CCN1C[C@@H]2CC[C@@H](OC)[C@@]34C5C[C@@]6(O)C(OC(=O)c7ccc(OC)cc7)C5[C@](O)(C[C@@H]6OC)[C@H](C[C@H]23)C14. The Morgan fingerprint density at radius 2 is 1.71 bits per heavy atom. The van der Waals surface area contributed by atoms with Gasteiger partial charge in [-0.1, -0.05) is 6.92 Å². The molecule has 1 saturated heterocycles. The van der Waals surface area contributed by atoms with Gasteiger partial charge in [0.05, 0.1) is 30.5 Å². The van der Waals surface area contributed by atoms with Gasteiger partial charge in [0.15, 0.2) is 0 Å². The summed E-state index contributed by atoms with van der Waals surface area (Å²) in [6.07, 6.45) is 2.50. The van der Waals surface area contributed by atoms with Crippen molar-refractivity contribution in [3.63, 3.8) is 0 Å². The first-order chi connectivity index (χ1) is 18.3. The molecule has 7 rings (SSSR count). The minimum Gasteiger partial charge on any atom is -0.497 e. The van der Waals surface area contributed by atoms with Crippen LogP contribution in [0.1, 0.15) is 49.4 Å². The zero-order chi connectivity index (χ0) is 26.6. The molecule has 5 aliphatic carbocycles. The maximum absolute atomic E-state index is 13.5. The molecular formula is C30H41NO7. The van der Waals surface area contributed by atoms with E-state index in [1.54, 1.807) is 38.5 Å². The number of hydrogen-bond acceptors (Lipinski definition) is 8. The van der Waals surface area contributed by atoms with E-state index >= 15 is 0 Å². The smallest absolute Gasteiger partial charge is 0.338 e. The van der Waals surface area contributed by atoms with Crippen LogP contribution in [0, 0.1) is 35.0 Å². The molecule has 208 valence electrons. The zero-order valence-corrected chi connectivity index (χ0v) is 22.8. The average molecular weight is 528 g/mol. The standard InChI is InChI=1S/C30H41NO7/c1-5-31-15-17-8-11-22(36-3)30-19(17)12-20(25(30)31)28(33)14-23(37-4)29(34)13-21(30)24(28)26(29)38-27(32)16-6-9-18(35-2)10-7-16/h6-7,9-10,17,19-26,33-34H,5,8,11-15H2,1-4H3/t17-,19+,20+,21?,22+,23-,24?,25?,26?,28-,29-,30-/m0/s1. The van der Waals surface area contributed by atoms with Gasteiger partial charge < -0.3 is 29.2 Å². The van der Waals surface area contributed by atoms with Gasteiger partial charge in [-0.05, 0) is 74.2 Å². The van der Waals surface area contributed by atoms with Gasteiger partial charge in [-0.25, -0.2) is 4.79 Å². The Morgan fingerprint density at radius 3 is 2.37 bits per heavy atom. The zero-order valence-electron chi connectivity index (χ0n) is 22.8. The topological polar surface area (TPSA) is 97.7 Å². The van der Waals surface area contributed by atoms with Crippen LogP contribution in [-0.2, 0) is 14.2 Å². The van der Waals surface area contributed by atoms with Crippen molar-refractivity contribution in [3.05, 3.63) is 29.8 Å². The fourth-order valence-corrected chi connectivity index (χ4v) is 11.0. The van der Waals surface area contributed by atoms with Gasteiger partial charge >= 0.3 is 5.97 Å². The molecule has 6 aliphatic rings. The van der Waals surface area contributed by atoms with Gasteiger partial charge in [0.2, 0.25) is 0 Å². The monoisotopic (exact) mass is 527 g/mol. The second kappa shape index (κ2) is 8.40. The fraction of sp³-hybridized carbons (Fsp3) is 0.767. The lowest BCUT2D eigenvalue weighted by molar-refractivity contribution is -0.271. The Hall–Kier alpha value is -1.71. The van der Waals surface area contributed by atoms with E-state index in [-0.39, 0.29) is 35.3 Å². The number of esters is 1. The largest absolute Gasteiger partial charge is 0.497 e. The van der Waals surface area contributed by atoms with Crippen LogP contribution in [0.2, 0.25) is 0 Å². The van der Waals surface area contributed by atoms with Gasteiger partial charge in [0, 0.05) is 50.5 Å². The minimum atomic E-state index is -1.37. The van der Waals surface area contributed by atoms with Crippen LogP contribution in [0.4, 0.5) is 0 Å². The number of rotatable bonds is 6. The van der Waals surface area contributed by atoms with Crippen molar-refractivity contribution in [1.29, 1.82) is 0 Å². The lowest BCUT2D eigenvalue weighted by Gasteiger charge is -2.67. The third-order valence-electron chi connectivity index (χ3n) is 12.1. The molecule has 1 aromatic rings. The van der Waals surface area contributed by atoms with E-state index in [2.05, 4.69) is 11.8 Å². The van der Waals surface area contributed by atoms with E-state index in [1.807, 2.05) is 7.11 Å². The molecule has 7 bridgehead atoms. The van der Waals surface area contributed by atoms with E-state index in [9.17, 15) is 15.0 Å². The number of piperidine rings is 1. The summed E-state index contributed by atoms with van der Waals surface area (Å²) in [7, 11) is 5.01. The van der Waals surface area contributed by atoms with E-state index in [1.165, 1.54) is 0 Å². The normalized spacial score (nSPS) is 50.1. The second-order valence-electron chi connectivity index (χ2n) is 12.8. The number of aliphatic hydroxyl groups is 2. The third-order valence-corrected chi connectivity index (χ3v) is 12.1. The molecule has 5 saturated carbocycles. The number of methoxy groups -OCH3 is 3. The van der Waals surface area contributed by atoms with Crippen LogP contribution in [0.5, 0.6) is 5.75 Å². The summed E-state index contributed by atoms with van der Waals surface area (Å²) in [5.41, 5.74) is -2.24. The van der Waals surface area contributed by atoms with Crippen LogP contribution >= 0.6 is 0 Å². The van der Waals surface area contributed by atoms with Crippen molar-refractivity contribution in [2.24, 2.45) is 35.0 Å². The number of nitrogens with zero attached hydrogens (tertiary/aromatic N) is 1. The first-order valence-electron chi connectivity index (χ1n) is 14.4. The molecule has 38 heavy (non-hydrogen) atoms. The highest BCUT2D eigenvalue weighted by molar-refractivity contribution is 5.89. The lowest BCUT2D eigenvalue weighted by Crippen LogP contribution is -2.75. The Labute approximate surface area is 224 Å². The maximum Gasteiger partial charge on any atom is 0.338 e. The van der Waals surface area contributed by atoms with Crippen molar-refractivity contribution < 1.29 is 34.0 Å².